The van der Waals surface area contributed by atoms with Crippen LogP contribution in [0.3, 0.4) is 0 Å². The van der Waals surface area contributed by atoms with Crippen LogP contribution in [0.2, 0.25) is 5.02 Å². The number of nitrogens with zero attached hydrogens (tertiary/aromatic N) is 2. The third kappa shape index (κ3) is 4.20. The maximum absolute atomic E-state index is 13.0. The van der Waals surface area contributed by atoms with Gasteiger partial charge in [0.05, 0.1) is 0 Å². The van der Waals surface area contributed by atoms with E-state index in [2.05, 4.69) is 0 Å². The van der Waals surface area contributed by atoms with Crippen LogP contribution in [0.5, 0.6) is 0 Å². The molecule has 4 rings (SSSR count). The van der Waals surface area contributed by atoms with Crippen LogP contribution >= 0.6 is 11.6 Å². The van der Waals surface area contributed by atoms with E-state index in [0.717, 1.165) is 31.5 Å². The summed E-state index contributed by atoms with van der Waals surface area (Å²) < 4.78 is 0. The zero-order valence-electron chi connectivity index (χ0n) is 16.1. The van der Waals surface area contributed by atoms with Crippen molar-refractivity contribution in [3.63, 3.8) is 0 Å². The molecule has 6 heteroatoms. The zero-order valence-corrected chi connectivity index (χ0v) is 16.9. The van der Waals surface area contributed by atoms with E-state index >= 15 is 0 Å². The van der Waals surface area contributed by atoms with Crippen molar-refractivity contribution in [2.45, 2.75) is 25.7 Å². The Hall–Kier alpha value is -2.66. The van der Waals surface area contributed by atoms with E-state index in [0.29, 0.717) is 35.7 Å². The molecule has 1 unspecified atom stereocenters. The zero-order chi connectivity index (χ0) is 20.4. The van der Waals surface area contributed by atoms with E-state index in [1.54, 1.807) is 46.2 Å². The van der Waals surface area contributed by atoms with Gasteiger partial charge in [0.15, 0.2) is 5.78 Å². The Morgan fingerprint density at radius 2 is 1.59 bits per heavy atom. The minimum absolute atomic E-state index is 0.0575. The summed E-state index contributed by atoms with van der Waals surface area (Å²) in [4.78, 5) is 41.2. The van der Waals surface area contributed by atoms with Gasteiger partial charge in [-0.15, -0.1) is 0 Å². The van der Waals surface area contributed by atoms with Crippen molar-refractivity contribution >= 4 is 34.9 Å². The van der Waals surface area contributed by atoms with Crippen molar-refractivity contribution in [2.24, 2.45) is 5.92 Å². The summed E-state index contributed by atoms with van der Waals surface area (Å²) in [6, 6.07) is 14.1. The normalized spacial score (nSPS) is 19.5. The molecule has 0 spiro atoms. The lowest BCUT2D eigenvalue weighted by molar-refractivity contribution is -0.117. The number of piperidine rings is 1. The minimum Gasteiger partial charge on any atom is -0.338 e. The van der Waals surface area contributed by atoms with E-state index in [1.165, 1.54) is 0 Å². The van der Waals surface area contributed by atoms with Crippen LogP contribution in [0.4, 0.5) is 5.69 Å². The number of Topliss-reactive ketones (excluding diaryl/α,β-unsaturated/α-hetero) is 1. The quantitative estimate of drug-likeness (QED) is 0.710. The topological polar surface area (TPSA) is 57.7 Å². The number of likely N-dealkylation sites (tertiary alicyclic amines) is 1. The molecule has 2 aliphatic rings. The van der Waals surface area contributed by atoms with Gasteiger partial charge < -0.3 is 9.80 Å². The number of carbonyl (C=O) groups is 3. The lowest BCUT2D eigenvalue weighted by Gasteiger charge is -2.32. The van der Waals surface area contributed by atoms with Crippen LogP contribution in [0, 0.1) is 5.92 Å². The predicted molar refractivity (Wildman–Crippen MR) is 112 cm³/mol. The van der Waals surface area contributed by atoms with E-state index in [9.17, 15) is 14.4 Å². The Kier molecular flexibility index (Phi) is 5.67. The lowest BCUT2D eigenvalue weighted by atomic mass is 9.89. The van der Waals surface area contributed by atoms with Gasteiger partial charge >= 0.3 is 0 Å². The van der Waals surface area contributed by atoms with Crippen molar-refractivity contribution < 1.29 is 14.4 Å². The number of hydrogen-bond acceptors (Lipinski definition) is 3. The highest BCUT2D eigenvalue weighted by Crippen LogP contribution is 2.25. The molecule has 2 heterocycles. The monoisotopic (exact) mass is 410 g/mol. The Morgan fingerprint density at radius 1 is 0.897 bits per heavy atom. The molecule has 0 saturated carbocycles. The highest BCUT2D eigenvalue weighted by Gasteiger charge is 2.30. The number of benzene rings is 2. The first kappa shape index (κ1) is 19.6. The summed E-state index contributed by atoms with van der Waals surface area (Å²) in [5.41, 5.74) is 2.05. The molecule has 0 aliphatic carbocycles. The average molecular weight is 411 g/mol. The van der Waals surface area contributed by atoms with Gasteiger partial charge in [-0.2, -0.15) is 0 Å². The fourth-order valence-corrected chi connectivity index (χ4v) is 4.24. The van der Waals surface area contributed by atoms with Crippen LogP contribution in [-0.2, 0) is 4.79 Å². The largest absolute Gasteiger partial charge is 0.338 e. The first-order valence-electron chi connectivity index (χ1n) is 10.0. The summed E-state index contributed by atoms with van der Waals surface area (Å²) in [6.07, 6.45) is 3.03. The van der Waals surface area contributed by atoms with Crippen molar-refractivity contribution in [2.75, 3.05) is 24.5 Å². The second-order valence-electron chi connectivity index (χ2n) is 7.66. The van der Waals surface area contributed by atoms with Crippen molar-refractivity contribution in [1.29, 1.82) is 0 Å². The second kappa shape index (κ2) is 8.37. The number of rotatable bonds is 4. The van der Waals surface area contributed by atoms with Gasteiger partial charge in [-0.25, -0.2) is 0 Å². The van der Waals surface area contributed by atoms with Gasteiger partial charge in [-0.3, -0.25) is 14.4 Å². The van der Waals surface area contributed by atoms with E-state index < -0.39 is 0 Å². The van der Waals surface area contributed by atoms with Crippen molar-refractivity contribution in [1.82, 2.24) is 4.90 Å². The molecular weight excluding hydrogens is 388 g/mol. The fourth-order valence-electron chi connectivity index (χ4n) is 4.11. The van der Waals surface area contributed by atoms with Crippen molar-refractivity contribution in [3.05, 3.63) is 64.7 Å². The van der Waals surface area contributed by atoms with Crippen LogP contribution in [-0.4, -0.2) is 42.1 Å². The molecule has 2 saturated heterocycles. The summed E-state index contributed by atoms with van der Waals surface area (Å²) in [6.45, 7) is 1.80. The standard InChI is InChI=1S/C23H23ClN2O3/c24-19-9-5-16(6-10-19)22(28)18-3-1-13-25(15-18)23(29)17-7-11-20(12-8-17)26-14-2-4-21(26)27/h5-12,18H,1-4,13-15H2. The molecule has 1 atom stereocenters. The van der Waals surface area contributed by atoms with Gasteiger partial charge in [0.25, 0.3) is 5.91 Å². The van der Waals surface area contributed by atoms with Gasteiger partial charge in [0.2, 0.25) is 5.91 Å². The molecule has 5 nitrogen and oxygen atoms in total. The molecule has 150 valence electrons. The van der Waals surface area contributed by atoms with Crippen LogP contribution in [0.15, 0.2) is 48.5 Å². The molecule has 29 heavy (non-hydrogen) atoms. The molecule has 0 N–H and O–H groups in total. The molecule has 2 fully saturated rings. The Morgan fingerprint density at radius 3 is 2.24 bits per heavy atom. The summed E-state index contributed by atoms with van der Waals surface area (Å²) >= 11 is 5.91. The highest BCUT2D eigenvalue weighted by molar-refractivity contribution is 6.30. The number of anilines is 1. The summed E-state index contributed by atoms with van der Waals surface area (Å²) in [5, 5.41) is 0.598. The number of halogens is 1. The smallest absolute Gasteiger partial charge is 0.253 e. The number of amides is 2. The molecule has 0 radical (unpaired) electrons. The summed E-state index contributed by atoms with van der Waals surface area (Å²) in [7, 11) is 0. The minimum atomic E-state index is -0.199. The van der Waals surface area contributed by atoms with E-state index in [4.69, 9.17) is 11.6 Å². The number of hydrogen-bond donors (Lipinski definition) is 0. The highest BCUT2D eigenvalue weighted by atomic mass is 35.5. The second-order valence-corrected chi connectivity index (χ2v) is 8.09. The fraction of sp³-hybridized carbons (Fsp3) is 0.348. The van der Waals surface area contributed by atoms with E-state index in [1.807, 2.05) is 12.1 Å². The Labute approximate surface area is 175 Å². The Balaban J connectivity index is 1.43. The molecule has 2 aromatic rings. The molecular formula is C23H23ClN2O3. The van der Waals surface area contributed by atoms with Crippen LogP contribution in [0.1, 0.15) is 46.4 Å². The van der Waals surface area contributed by atoms with Crippen LogP contribution in [0.25, 0.3) is 0 Å². The maximum Gasteiger partial charge on any atom is 0.253 e. The SMILES string of the molecule is O=C(c1ccc(Cl)cc1)C1CCCN(C(=O)c2ccc(N3CCCC3=O)cc2)C1. The van der Waals surface area contributed by atoms with E-state index in [-0.39, 0.29) is 23.5 Å². The molecule has 0 aromatic heterocycles. The first-order valence-corrected chi connectivity index (χ1v) is 10.4. The maximum atomic E-state index is 13.0. The van der Waals surface area contributed by atoms with Gasteiger partial charge in [-0.1, -0.05) is 11.6 Å². The van der Waals surface area contributed by atoms with Crippen molar-refractivity contribution in [3.8, 4) is 0 Å². The predicted octanol–water partition coefficient (Wildman–Crippen LogP) is 4.20. The van der Waals surface area contributed by atoms with Crippen LogP contribution < -0.4 is 4.90 Å². The third-order valence-corrected chi connectivity index (χ3v) is 5.96. The van der Waals surface area contributed by atoms with Gasteiger partial charge in [0.1, 0.15) is 0 Å². The molecule has 2 amide bonds. The van der Waals surface area contributed by atoms with Gasteiger partial charge in [-0.05, 0) is 67.8 Å². The molecule has 2 aliphatic heterocycles. The molecule has 0 bridgehead atoms. The Bertz CT molecular complexity index is 924. The summed E-state index contributed by atoms with van der Waals surface area (Å²) in [5.74, 6) is -0.0843. The number of ketones is 1. The third-order valence-electron chi connectivity index (χ3n) is 5.71. The number of carbonyl (C=O) groups excluding carboxylic acids is 3. The lowest BCUT2D eigenvalue weighted by Crippen LogP contribution is -2.42. The van der Waals surface area contributed by atoms with Gasteiger partial charge in [0, 0.05) is 53.8 Å². The molecule has 2 aromatic carbocycles. The first-order chi connectivity index (χ1) is 14.0. The average Bonchev–Trinajstić information content (AvgIpc) is 3.19.